The Kier molecular flexibility index (Phi) is 6.22. The Bertz CT molecular complexity index is 945. The highest BCUT2D eigenvalue weighted by molar-refractivity contribution is 5.88. The third-order valence-corrected chi connectivity index (χ3v) is 5.40. The second-order valence-corrected chi connectivity index (χ2v) is 7.46. The molecule has 8 nitrogen and oxygen atoms in total. The zero-order valence-corrected chi connectivity index (χ0v) is 16.9. The highest BCUT2D eigenvalue weighted by atomic mass is 19.1. The second kappa shape index (κ2) is 9.22. The van der Waals surface area contributed by atoms with Crippen LogP contribution in [0.25, 0.3) is 0 Å². The maximum absolute atomic E-state index is 13.1. The van der Waals surface area contributed by atoms with Gasteiger partial charge in [0.15, 0.2) is 11.5 Å². The molecule has 2 aromatic rings. The highest BCUT2D eigenvalue weighted by Crippen LogP contribution is 2.32. The van der Waals surface area contributed by atoms with Gasteiger partial charge in [-0.3, -0.25) is 9.59 Å². The van der Waals surface area contributed by atoms with Gasteiger partial charge in [0, 0.05) is 31.9 Å². The molecule has 1 unspecified atom stereocenters. The number of carbonyl (C=O) groups is 2. The van der Waals surface area contributed by atoms with Gasteiger partial charge in [-0.05, 0) is 42.0 Å². The van der Waals surface area contributed by atoms with Crippen molar-refractivity contribution in [1.82, 2.24) is 10.2 Å². The van der Waals surface area contributed by atoms with Crippen LogP contribution in [0.5, 0.6) is 11.5 Å². The molecule has 1 saturated heterocycles. The van der Waals surface area contributed by atoms with Gasteiger partial charge in [0.25, 0.3) is 0 Å². The molecule has 0 radical (unpaired) electrons. The van der Waals surface area contributed by atoms with Crippen molar-refractivity contribution in [2.75, 3.05) is 44.5 Å². The predicted molar refractivity (Wildman–Crippen MR) is 110 cm³/mol. The molecule has 2 aliphatic rings. The summed E-state index contributed by atoms with van der Waals surface area (Å²) in [6.45, 7) is 1.74. The van der Waals surface area contributed by atoms with Crippen LogP contribution in [0.1, 0.15) is 5.56 Å². The van der Waals surface area contributed by atoms with Crippen LogP contribution in [0.4, 0.5) is 10.1 Å². The molecule has 1 fully saturated rings. The summed E-state index contributed by atoms with van der Waals surface area (Å²) < 4.78 is 23.7. The van der Waals surface area contributed by atoms with E-state index in [4.69, 9.17) is 9.47 Å². The van der Waals surface area contributed by atoms with E-state index in [1.165, 1.54) is 12.1 Å². The van der Waals surface area contributed by atoms with Crippen LogP contribution in [0, 0.1) is 5.82 Å². The fraction of sp³-hybridized carbons (Fsp3) is 0.364. The molecule has 0 spiro atoms. The van der Waals surface area contributed by atoms with Crippen LogP contribution < -0.4 is 19.7 Å². The average molecular weight is 429 g/mol. The molecule has 31 heavy (non-hydrogen) atoms. The van der Waals surface area contributed by atoms with Gasteiger partial charge in [0.1, 0.15) is 11.9 Å². The van der Waals surface area contributed by atoms with Crippen molar-refractivity contribution in [3.05, 3.63) is 53.8 Å². The van der Waals surface area contributed by atoms with Gasteiger partial charge in [0.2, 0.25) is 18.6 Å². The number of carbonyl (C=O) groups excluding carboxylic acids is 2. The van der Waals surface area contributed by atoms with E-state index in [-0.39, 0.29) is 30.8 Å². The monoisotopic (exact) mass is 429 g/mol. The first-order chi connectivity index (χ1) is 15.0. The number of nitrogens with zero attached hydrogens (tertiary/aromatic N) is 2. The Balaban J connectivity index is 1.30. The summed E-state index contributed by atoms with van der Waals surface area (Å²) in [5, 5.41) is 12.3. The van der Waals surface area contributed by atoms with E-state index in [0.717, 1.165) is 11.3 Å². The number of hydrogen-bond donors (Lipinski definition) is 2. The molecule has 0 aliphatic carbocycles. The van der Waals surface area contributed by atoms with Crippen molar-refractivity contribution in [2.45, 2.75) is 12.5 Å². The lowest BCUT2D eigenvalue weighted by Gasteiger charge is -2.37. The zero-order valence-electron chi connectivity index (χ0n) is 16.9. The topological polar surface area (TPSA) is 91.3 Å². The Morgan fingerprint density at radius 3 is 2.45 bits per heavy atom. The van der Waals surface area contributed by atoms with Crippen molar-refractivity contribution >= 4 is 17.5 Å². The minimum atomic E-state index is -1.00. The molecule has 0 bridgehead atoms. The van der Waals surface area contributed by atoms with Crippen LogP contribution in [0.3, 0.4) is 0 Å². The number of fused-ring (bicyclic) bond motifs is 1. The third-order valence-electron chi connectivity index (χ3n) is 5.40. The molecular weight excluding hydrogens is 405 g/mol. The number of aliphatic hydroxyl groups is 1. The van der Waals surface area contributed by atoms with Crippen LogP contribution in [-0.2, 0) is 16.0 Å². The van der Waals surface area contributed by atoms with Gasteiger partial charge in [-0.1, -0.05) is 6.07 Å². The number of rotatable bonds is 6. The number of benzene rings is 2. The van der Waals surface area contributed by atoms with Gasteiger partial charge < -0.3 is 29.7 Å². The zero-order chi connectivity index (χ0) is 21.8. The molecular formula is C22H24FN3O5. The standard InChI is InChI=1S/C22H24FN3O5/c23-16-2-4-17(5-3-16)25-7-9-26(10-8-25)22(29)18(13-27)24-21(28)12-15-1-6-19-20(11-15)31-14-30-19/h1-6,11,18,27H,7-10,12-14H2,(H,24,28). The Morgan fingerprint density at radius 1 is 1.03 bits per heavy atom. The quantitative estimate of drug-likeness (QED) is 0.710. The molecule has 9 heteroatoms. The number of aliphatic hydroxyl groups excluding tert-OH is 1. The molecule has 2 amide bonds. The van der Waals surface area contributed by atoms with E-state index < -0.39 is 12.6 Å². The highest BCUT2D eigenvalue weighted by Gasteiger charge is 2.28. The average Bonchev–Trinajstić information content (AvgIpc) is 3.25. The Labute approximate surface area is 179 Å². The molecule has 0 saturated carbocycles. The first kappa shape index (κ1) is 20.9. The van der Waals surface area contributed by atoms with Gasteiger partial charge in [-0.15, -0.1) is 0 Å². The normalized spacial score (nSPS) is 16.2. The SMILES string of the molecule is O=C(Cc1ccc2c(c1)OCO2)NC(CO)C(=O)N1CCN(c2ccc(F)cc2)CC1. The molecule has 2 heterocycles. The Hall–Kier alpha value is -3.33. The first-order valence-electron chi connectivity index (χ1n) is 10.1. The van der Waals surface area contributed by atoms with Crippen molar-refractivity contribution in [3.8, 4) is 11.5 Å². The molecule has 2 N–H and O–H groups in total. The van der Waals surface area contributed by atoms with Crippen molar-refractivity contribution in [1.29, 1.82) is 0 Å². The van der Waals surface area contributed by atoms with E-state index in [1.54, 1.807) is 35.2 Å². The maximum atomic E-state index is 13.1. The second-order valence-electron chi connectivity index (χ2n) is 7.46. The van der Waals surface area contributed by atoms with Crippen molar-refractivity contribution in [2.24, 2.45) is 0 Å². The number of anilines is 1. The van der Waals surface area contributed by atoms with Crippen molar-refractivity contribution < 1.29 is 28.6 Å². The summed E-state index contributed by atoms with van der Waals surface area (Å²) in [5.74, 6) is 0.239. The van der Waals surface area contributed by atoms with Crippen molar-refractivity contribution in [3.63, 3.8) is 0 Å². The molecule has 1 atom stereocenters. The van der Waals surface area contributed by atoms with E-state index in [1.807, 2.05) is 0 Å². The lowest BCUT2D eigenvalue weighted by molar-refractivity contribution is -0.137. The summed E-state index contributed by atoms with van der Waals surface area (Å²) in [4.78, 5) is 28.9. The van der Waals surface area contributed by atoms with Crippen LogP contribution in [0.2, 0.25) is 0 Å². The molecule has 2 aliphatic heterocycles. The fourth-order valence-electron chi connectivity index (χ4n) is 3.72. The third kappa shape index (κ3) is 4.88. The number of amides is 2. The number of halogens is 1. The summed E-state index contributed by atoms with van der Waals surface area (Å²) in [6, 6.07) is 10.5. The summed E-state index contributed by atoms with van der Waals surface area (Å²) in [6.07, 6.45) is 0.0543. The minimum absolute atomic E-state index is 0.0543. The lowest BCUT2D eigenvalue weighted by Crippen LogP contribution is -2.56. The summed E-state index contributed by atoms with van der Waals surface area (Å²) >= 11 is 0. The summed E-state index contributed by atoms with van der Waals surface area (Å²) in [5.41, 5.74) is 1.61. The van der Waals surface area contributed by atoms with Gasteiger partial charge >= 0.3 is 0 Å². The molecule has 164 valence electrons. The maximum Gasteiger partial charge on any atom is 0.247 e. The van der Waals surface area contributed by atoms with Gasteiger partial charge in [-0.25, -0.2) is 4.39 Å². The van der Waals surface area contributed by atoms with E-state index in [0.29, 0.717) is 37.7 Å². The first-order valence-corrected chi connectivity index (χ1v) is 10.1. The Morgan fingerprint density at radius 2 is 1.74 bits per heavy atom. The number of piperazine rings is 1. The smallest absolute Gasteiger partial charge is 0.247 e. The lowest BCUT2D eigenvalue weighted by atomic mass is 10.1. The van der Waals surface area contributed by atoms with Crippen LogP contribution in [-0.4, -0.2) is 67.4 Å². The van der Waals surface area contributed by atoms with Crippen LogP contribution >= 0.6 is 0 Å². The van der Waals surface area contributed by atoms with E-state index in [9.17, 15) is 19.1 Å². The predicted octanol–water partition coefficient (Wildman–Crippen LogP) is 0.923. The number of hydrogen-bond acceptors (Lipinski definition) is 6. The largest absolute Gasteiger partial charge is 0.454 e. The fourth-order valence-corrected chi connectivity index (χ4v) is 3.72. The molecule has 4 rings (SSSR count). The van der Waals surface area contributed by atoms with Crippen LogP contribution in [0.15, 0.2) is 42.5 Å². The van der Waals surface area contributed by atoms with E-state index in [2.05, 4.69) is 10.2 Å². The molecule has 0 aromatic heterocycles. The summed E-state index contributed by atoms with van der Waals surface area (Å²) in [7, 11) is 0. The minimum Gasteiger partial charge on any atom is -0.454 e. The van der Waals surface area contributed by atoms with Gasteiger partial charge in [-0.2, -0.15) is 0 Å². The van der Waals surface area contributed by atoms with E-state index >= 15 is 0 Å². The number of ether oxygens (including phenoxy) is 2. The number of nitrogens with one attached hydrogen (secondary N) is 1. The van der Waals surface area contributed by atoms with Gasteiger partial charge in [0.05, 0.1) is 13.0 Å². The molecule has 2 aromatic carbocycles.